The Morgan fingerprint density at radius 1 is 1.37 bits per heavy atom. The Balaban J connectivity index is 5.14. The van der Waals surface area contributed by atoms with Gasteiger partial charge in [-0.15, -0.1) is 6.58 Å². The lowest BCUT2D eigenvalue weighted by Crippen LogP contribution is -2.53. The van der Waals surface area contributed by atoms with Gasteiger partial charge in [-0.05, 0) is 33.9 Å². The first-order valence-corrected chi connectivity index (χ1v) is 8.52. The van der Waals surface area contributed by atoms with E-state index < -0.39 is 21.1 Å². The lowest BCUT2D eigenvalue weighted by atomic mass is 10.0. The third kappa shape index (κ3) is 6.02. The van der Waals surface area contributed by atoms with Gasteiger partial charge in [0.2, 0.25) is 0 Å². The maximum absolute atomic E-state index is 12.1. The first-order chi connectivity index (χ1) is 8.63. The first kappa shape index (κ1) is 17.9. The van der Waals surface area contributed by atoms with Crippen molar-refractivity contribution in [3.05, 3.63) is 12.7 Å². The van der Waals surface area contributed by atoms with E-state index in [1.807, 2.05) is 33.9 Å². The van der Waals surface area contributed by atoms with Crippen molar-refractivity contribution in [3.63, 3.8) is 0 Å². The second-order valence-electron chi connectivity index (χ2n) is 5.38. The number of hydrogen-bond donors (Lipinski definition) is 0. The highest BCUT2D eigenvalue weighted by Gasteiger charge is 2.34. The average Bonchev–Trinajstić information content (AvgIpc) is 2.26. The fraction of sp³-hybridized carbons (Fsp3) is 0.692. The van der Waals surface area contributed by atoms with Crippen molar-refractivity contribution in [3.8, 4) is 0 Å². The van der Waals surface area contributed by atoms with Crippen LogP contribution in [0.4, 0.5) is 0 Å². The van der Waals surface area contributed by atoms with Crippen LogP contribution in [0.15, 0.2) is 12.7 Å². The molecule has 0 aliphatic rings. The van der Waals surface area contributed by atoms with Crippen LogP contribution in [-0.2, 0) is 18.8 Å². The van der Waals surface area contributed by atoms with Gasteiger partial charge in [-0.1, -0.05) is 6.08 Å². The number of esters is 1. The Morgan fingerprint density at radius 3 is 2.21 bits per heavy atom. The SMILES string of the molecule is C=CC(C(=O)O[Si](C)C)N(CC(=O)OC)C(C)(C)C. The topological polar surface area (TPSA) is 55.8 Å². The largest absolute Gasteiger partial charge is 0.517 e. The van der Waals surface area contributed by atoms with E-state index in [9.17, 15) is 9.59 Å². The highest BCUT2D eigenvalue weighted by Crippen LogP contribution is 2.19. The molecule has 0 aromatic carbocycles. The van der Waals surface area contributed by atoms with Gasteiger partial charge in [0.15, 0.2) is 0 Å². The van der Waals surface area contributed by atoms with Gasteiger partial charge < -0.3 is 9.16 Å². The van der Waals surface area contributed by atoms with Crippen LogP contribution in [0.1, 0.15) is 20.8 Å². The number of methoxy groups -OCH3 is 1. The Bertz CT molecular complexity index is 336. The summed E-state index contributed by atoms with van der Waals surface area (Å²) in [6, 6.07) is -0.654. The molecule has 1 unspecified atom stereocenters. The fourth-order valence-corrected chi connectivity index (χ4v) is 2.09. The van der Waals surface area contributed by atoms with Gasteiger partial charge in [0.05, 0.1) is 13.7 Å². The number of hydrogen-bond acceptors (Lipinski definition) is 5. The summed E-state index contributed by atoms with van der Waals surface area (Å²) in [4.78, 5) is 25.3. The number of ether oxygens (including phenoxy) is 1. The van der Waals surface area contributed by atoms with Crippen molar-refractivity contribution in [1.82, 2.24) is 4.90 Å². The minimum absolute atomic E-state index is 0.0152. The van der Waals surface area contributed by atoms with E-state index in [0.29, 0.717) is 0 Å². The summed E-state index contributed by atoms with van der Waals surface area (Å²) in [7, 11) is 0.183. The normalized spacial score (nSPS) is 13.3. The molecule has 1 radical (unpaired) electrons. The maximum Gasteiger partial charge on any atom is 0.319 e. The maximum atomic E-state index is 12.1. The molecule has 0 aromatic rings. The molecule has 6 heteroatoms. The first-order valence-electron chi connectivity index (χ1n) is 6.11. The van der Waals surface area contributed by atoms with Gasteiger partial charge in [-0.25, -0.2) is 0 Å². The van der Waals surface area contributed by atoms with E-state index in [2.05, 4.69) is 11.3 Å². The smallest absolute Gasteiger partial charge is 0.319 e. The molecule has 1 atom stereocenters. The zero-order chi connectivity index (χ0) is 15.2. The standard InChI is InChI=1S/C13H24NO4Si/c1-8-10(12(16)18-19(6)7)14(13(2,3)4)9-11(15)17-5/h8,10H,1,9H2,2-7H3. The van der Waals surface area contributed by atoms with Crippen molar-refractivity contribution in [2.24, 2.45) is 0 Å². The van der Waals surface area contributed by atoms with E-state index in [1.54, 1.807) is 4.90 Å². The molecule has 0 saturated carbocycles. The Kier molecular flexibility index (Phi) is 7.00. The number of nitrogens with zero attached hydrogens (tertiary/aromatic N) is 1. The van der Waals surface area contributed by atoms with Crippen LogP contribution in [0.5, 0.6) is 0 Å². The molecule has 0 aromatic heterocycles. The van der Waals surface area contributed by atoms with E-state index in [0.717, 1.165) is 0 Å². The minimum atomic E-state index is -1.14. The second kappa shape index (κ2) is 7.45. The highest BCUT2D eigenvalue weighted by molar-refractivity contribution is 6.50. The monoisotopic (exact) mass is 286 g/mol. The molecule has 0 saturated heterocycles. The zero-order valence-electron chi connectivity index (χ0n) is 12.6. The lowest BCUT2D eigenvalue weighted by molar-refractivity contribution is -0.148. The van der Waals surface area contributed by atoms with Crippen LogP contribution in [-0.4, -0.2) is 51.1 Å². The summed E-state index contributed by atoms with van der Waals surface area (Å²) >= 11 is 0. The molecule has 0 rings (SSSR count). The van der Waals surface area contributed by atoms with Crippen LogP contribution >= 0.6 is 0 Å². The Morgan fingerprint density at radius 2 is 1.89 bits per heavy atom. The summed E-state index contributed by atoms with van der Waals surface area (Å²) in [6.07, 6.45) is 1.50. The van der Waals surface area contributed by atoms with Crippen molar-refractivity contribution < 1.29 is 18.8 Å². The predicted molar refractivity (Wildman–Crippen MR) is 76.0 cm³/mol. The molecule has 0 bridgehead atoms. The van der Waals surface area contributed by atoms with E-state index in [1.165, 1.54) is 13.2 Å². The van der Waals surface area contributed by atoms with Gasteiger partial charge in [0.25, 0.3) is 9.04 Å². The van der Waals surface area contributed by atoms with Crippen LogP contribution < -0.4 is 0 Å². The van der Waals surface area contributed by atoms with Gasteiger partial charge in [-0.3, -0.25) is 14.5 Å². The summed E-state index contributed by atoms with van der Waals surface area (Å²) < 4.78 is 9.96. The van der Waals surface area contributed by atoms with E-state index >= 15 is 0 Å². The molecular formula is C13H24NO4Si. The third-order valence-electron chi connectivity index (χ3n) is 2.49. The summed E-state index contributed by atoms with van der Waals surface area (Å²) in [5.74, 6) is -0.763. The molecule has 0 aliphatic carbocycles. The molecule has 0 amide bonds. The van der Waals surface area contributed by atoms with E-state index in [-0.39, 0.29) is 18.1 Å². The van der Waals surface area contributed by atoms with Crippen LogP contribution in [0.3, 0.4) is 0 Å². The molecule has 0 N–H and O–H groups in total. The Labute approximate surface area is 117 Å². The van der Waals surface area contributed by atoms with Crippen LogP contribution in [0.2, 0.25) is 13.1 Å². The molecule has 5 nitrogen and oxygen atoms in total. The summed E-state index contributed by atoms with van der Waals surface area (Å²) in [5.41, 5.74) is -0.388. The van der Waals surface area contributed by atoms with Gasteiger partial charge in [-0.2, -0.15) is 0 Å². The molecule has 0 heterocycles. The lowest BCUT2D eigenvalue weighted by Gasteiger charge is -2.38. The highest BCUT2D eigenvalue weighted by atomic mass is 28.3. The van der Waals surface area contributed by atoms with Crippen molar-refractivity contribution >= 4 is 21.0 Å². The minimum Gasteiger partial charge on any atom is -0.517 e. The van der Waals surface area contributed by atoms with Crippen LogP contribution in [0, 0.1) is 0 Å². The van der Waals surface area contributed by atoms with Gasteiger partial charge in [0.1, 0.15) is 6.04 Å². The Hall–Kier alpha value is -1.14. The quantitative estimate of drug-likeness (QED) is 0.422. The van der Waals surface area contributed by atoms with Gasteiger partial charge >= 0.3 is 11.9 Å². The van der Waals surface area contributed by atoms with Gasteiger partial charge in [0, 0.05) is 5.54 Å². The van der Waals surface area contributed by atoms with E-state index in [4.69, 9.17) is 4.43 Å². The summed E-state index contributed by atoms with van der Waals surface area (Å²) in [5, 5.41) is 0. The van der Waals surface area contributed by atoms with Crippen molar-refractivity contribution in [2.45, 2.75) is 45.4 Å². The van der Waals surface area contributed by atoms with Crippen LogP contribution in [0.25, 0.3) is 0 Å². The van der Waals surface area contributed by atoms with Crippen molar-refractivity contribution in [2.75, 3.05) is 13.7 Å². The van der Waals surface area contributed by atoms with Crippen molar-refractivity contribution in [1.29, 1.82) is 0 Å². The summed E-state index contributed by atoms with van der Waals surface area (Å²) in [6.45, 7) is 13.2. The average molecular weight is 286 g/mol. The molecule has 0 aliphatic heterocycles. The fourth-order valence-electron chi connectivity index (χ4n) is 1.57. The molecular weight excluding hydrogens is 262 g/mol. The number of carbonyl (C=O) groups excluding carboxylic acids is 2. The molecule has 0 fully saturated rings. The predicted octanol–water partition coefficient (Wildman–Crippen LogP) is 1.61. The second-order valence-corrected chi connectivity index (χ2v) is 7.41. The zero-order valence-corrected chi connectivity index (χ0v) is 13.6. The molecule has 0 spiro atoms. The third-order valence-corrected chi connectivity index (χ3v) is 3.10. The number of rotatable bonds is 6. The molecule has 109 valence electrons. The molecule has 19 heavy (non-hydrogen) atoms. The number of carbonyl (C=O) groups is 2.